The van der Waals surface area contributed by atoms with Gasteiger partial charge in [-0.15, -0.1) is 11.3 Å². The standard InChI is InChI=1S/C12H14ClN3O2S/c1-17-10-7-11(18-2)16-12(15-10)14-6-5-8-3-4-9(13)19-8/h3-4,7H,5-6H2,1-2H3,(H,14,15,16). The summed E-state index contributed by atoms with van der Waals surface area (Å²) in [6.07, 6.45) is 0.861. The molecule has 0 bridgehead atoms. The van der Waals surface area contributed by atoms with Gasteiger partial charge in [0.25, 0.3) is 0 Å². The van der Waals surface area contributed by atoms with Gasteiger partial charge in [0, 0.05) is 11.4 Å². The first-order valence-electron chi connectivity index (χ1n) is 5.66. The molecular weight excluding hydrogens is 286 g/mol. The van der Waals surface area contributed by atoms with Gasteiger partial charge in [-0.1, -0.05) is 11.6 Å². The zero-order valence-corrected chi connectivity index (χ0v) is 12.2. The molecule has 2 rings (SSSR count). The van der Waals surface area contributed by atoms with Crippen LogP contribution < -0.4 is 14.8 Å². The predicted molar refractivity (Wildman–Crippen MR) is 76.7 cm³/mol. The van der Waals surface area contributed by atoms with Gasteiger partial charge in [-0.25, -0.2) is 0 Å². The summed E-state index contributed by atoms with van der Waals surface area (Å²) in [6, 6.07) is 5.54. The number of nitrogens with zero attached hydrogens (tertiary/aromatic N) is 2. The fourth-order valence-corrected chi connectivity index (χ4v) is 2.56. The maximum atomic E-state index is 5.88. The number of rotatable bonds is 6. The van der Waals surface area contributed by atoms with Gasteiger partial charge in [-0.05, 0) is 18.6 Å². The number of thiophene rings is 1. The van der Waals surface area contributed by atoms with Crippen LogP contribution in [0.25, 0.3) is 0 Å². The molecule has 0 aromatic carbocycles. The van der Waals surface area contributed by atoms with Crippen molar-refractivity contribution in [3.8, 4) is 11.8 Å². The van der Waals surface area contributed by atoms with Crippen LogP contribution in [0.3, 0.4) is 0 Å². The highest BCUT2D eigenvalue weighted by Gasteiger charge is 2.05. The van der Waals surface area contributed by atoms with E-state index < -0.39 is 0 Å². The Bertz CT molecular complexity index is 525. The Balaban J connectivity index is 1.95. The largest absolute Gasteiger partial charge is 0.481 e. The molecule has 5 nitrogen and oxygen atoms in total. The number of aromatic nitrogens is 2. The second-order valence-electron chi connectivity index (χ2n) is 3.66. The molecule has 2 aromatic rings. The number of methoxy groups -OCH3 is 2. The Labute approximate surface area is 120 Å². The average Bonchev–Trinajstić information content (AvgIpc) is 2.84. The van der Waals surface area contributed by atoms with Crippen LogP contribution in [0, 0.1) is 0 Å². The molecule has 0 spiro atoms. The van der Waals surface area contributed by atoms with Gasteiger partial charge in [0.15, 0.2) is 0 Å². The van der Waals surface area contributed by atoms with Crippen molar-refractivity contribution >= 4 is 28.9 Å². The summed E-state index contributed by atoms with van der Waals surface area (Å²) in [5.41, 5.74) is 0. The van der Waals surface area contributed by atoms with E-state index in [9.17, 15) is 0 Å². The maximum Gasteiger partial charge on any atom is 0.229 e. The third kappa shape index (κ3) is 3.97. The first-order valence-corrected chi connectivity index (χ1v) is 6.86. The molecule has 102 valence electrons. The van der Waals surface area contributed by atoms with Crippen molar-refractivity contribution in [3.63, 3.8) is 0 Å². The molecule has 0 radical (unpaired) electrons. The van der Waals surface area contributed by atoms with E-state index in [4.69, 9.17) is 21.1 Å². The summed E-state index contributed by atoms with van der Waals surface area (Å²) >= 11 is 7.45. The molecule has 2 aromatic heterocycles. The van der Waals surface area contributed by atoms with E-state index in [1.54, 1.807) is 31.6 Å². The van der Waals surface area contributed by atoms with E-state index in [1.807, 2.05) is 12.1 Å². The lowest BCUT2D eigenvalue weighted by Gasteiger charge is -2.07. The molecule has 0 saturated carbocycles. The Morgan fingerprint density at radius 3 is 2.42 bits per heavy atom. The summed E-state index contributed by atoms with van der Waals surface area (Å²) in [6.45, 7) is 0.715. The Kier molecular flexibility index (Phi) is 4.81. The first-order chi connectivity index (χ1) is 9.21. The van der Waals surface area contributed by atoms with E-state index in [1.165, 1.54) is 4.88 Å². The van der Waals surface area contributed by atoms with Crippen LogP contribution in [0.2, 0.25) is 4.34 Å². The third-order valence-electron chi connectivity index (χ3n) is 2.38. The quantitative estimate of drug-likeness (QED) is 0.889. The second-order valence-corrected chi connectivity index (χ2v) is 5.46. The normalized spacial score (nSPS) is 10.3. The van der Waals surface area contributed by atoms with Crippen LogP contribution in [0.1, 0.15) is 4.88 Å². The lowest BCUT2D eigenvalue weighted by atomic mass is 10.3. The average molecular weight is 300 g/mol. The molecule has 7 heteroatoms. The fraction of sp³-hybridized carbons (Fsp3) is 0.333. The monoisotopic (exact) mass is 299 g/mol. The zero-order valence-electron chi connectivity index (χ0n) is 10.6. The molecular formula is C12H14ClN3O2S. The van der Waals surface area contributed by atoms with E-state index in [0.29, 0.717) is 24.3 Å². The van der Waals surface area contributed by atoms with Gasteiger partial charge in [-0.2, -0.15) is 9.97 Å². The van der Waals surface area contributed by atoms with Gasteiger partial charge in [0.1, 0.15) is 0 Å². The minimum absolute atomic E-state index is 0.466. The summed E-state index contributed by atoms with van der Waals surface area (Å²) in [5, 5.41) is 3.13. The maximum absolute atomic E-state index is 5.88. The SMILES string of the molecule is COc1cc(OC)nc(NCCc2ccc(Cl)s2)n1. The minimum Gasteiger partial charge on any atom is -0.481 e. The van der Waals surface area contributed by atoms with Crippen molar-refractivity contribution in [2.24, 2.45) is 0 Å². The van der Waals surface area contributed by atoms with Gasteiger partial charge >= 0.3 is 0 Å². The lowest BCUT2D eigenvalue weighted by molar-refractivity contribution is 0.373. The molecule has 0 unspecified atom stereocenters. The van der Waals surface area contributed by atoms with Crippen molar-refractivity contribution in [2.75, 3.05) is 26.1 Å². The van der Waals surface area contributed by atoms with Gasteiger partial charge in [0.05, 0.1) is 24.6 Å². The Hall–Kier alpha value is -1.53. The molecule has 0 amide bonds. The molecule has 2 heterocycles. The highest BCUT2D eigenvalue weighted by Crippen LogP contribution is 2.22. The van der Waals surface area contributed by atoms with E-state index >= 15 is 0 Å². The molecule has 0 atom stereocenters. The molecule has 1 N–H and O–H groups in total. The number of halogens is 1. The van der Waals surface area contributed by atoms with Crippen LogP contribution in [-0.4, -0.2) is 30.7 Å². The van der Waals surface area contributed by atoms with E-state index in [2.05, 4.69) is 15.3 Å². The minimum atomic E-state index is 0.466. The number of hydrogen-bond acceptors (Lipinski definition) is 6. The van der Waals surface area contributed by atoms with Crippen LogP contribution in [0.15, 0.2) is 18.2 Å². The number of nitrogens with one attached hydrogen (secondary N) is 1. The number of ether oxygens (including phenoxy) is 2. The van der Waals surface area contributed by atoms with Gasteiger partial charge < -0.3 is 14.8 Å². The van der Waals surface area contributed by atoms with Gasteiger partial charge in [0.2, 0.25) is 17.7 Å². The van der Waals surface area contributed by atoms with Crippen LogP contribution in [0.5, 0.6) is 11.8 Å². The van der Waals surface area contributed by atoms with Gasteiger partial charge in [-0.3, -0.25) is 0 Å². The van der Waals surface area contributed by atoms with Crippen molar-refractivity contribution < 1.29 is 9.47 Å². The summed E-state index contributed by atoms with van der Waals surface area (Å²) in [4.78, 5) is 9.59. The highest BCUT2D eigenvalue weighted by atomic mass is 35.5. The summed E-state index contributed by atoms with van der Waals surface area (Å²) in [5.74, 6) is 1.42. The van der Waals surface area contributed by atoms with E-state index in [0.717, 1.165) is 10.8 Å². The highest BCUT2D eigenvalue weighted by molar-refractivity contribution is 7.16. The van der Waals surface area contributed by atoms with Crippen molar-refractivity contribution in [1.82, 2.24) is 9.97 Å². The number of hydrogen-bond donors (Lipinski definition) is 1. The predicted octanol–water partition coefficient (Wildman–Crippen LogP) is 2.86. The smallest absolute Gasteiger partial charge is 0.229 e. The Morgan fingerprint density at radius 1 is 1.21 bits per heavy atom. The Morgan fingerprint density at radius 2 is 1.89 bits per heavy atom. The van der Waals surface area contributed by atoms with Crippen LogP contribution in [-0.2, 0) is 6.42 Å². The second kappa shape index (κ2) is 6.58. The zero-order chi connectivity index (χ0) is 13.7. The fourth-order valence-electron chi connectivity index (χ4n) is 1.48. The van der Waals surface area contributed by atoms with Crippen LogP contribution in [0.4, 0.5) is 5.95 Å². The number of anilines is 1. The van der Waals surface area contributed by atoms with Crippen LogP contribution >= 0.6 is 22.9 Å². The van der Waals surface area contributed by atoms with Crippen molar-refractivity contribution in [1.29, 1.82) is 0 Å². The molecule has 19 heavy (non-hydrogen) atoms. The first kappa shape index (κ1) is 13.9. The summed E-state index contributed by atoms with van der Waals surface area (Å²) in [7, 11) is 3.11. The van der Waals surface area contributed by atoms with Crippen molar-refractivity contribution in [2.45, 2.75) is 6.42 Å². The van der Waals surface area contributed by atoms with Crippen molar-refractivity contribution in [3.05, 3.63) is 27.4 Å². The lowest BCUT2D eigenvalue weighted by Crippen LogP contribution is -2.08. The topological polar surface area (TPSA) is 56.3 Å². The molecule has 0 aliphatic heterocycles. The summed E-state index contributed by atoms with van der Waals surface area (Å²) < 4.78 is 11.0. The molecule has 0 aliphatic carbocycles. The molecule has 0 fully saturated rings. The molecule has 0 saturated heterocycles. The van der Waals surface area contributed by atoms with E-state index in [-0.39, 0.29) is 0 Å². The molecule has 0 aliphatic rings. The third-order valence-corrected chi connectivity index (χ3v) is 3.67.